The lowest BCUT2D eigenvalue weighted by Crippen LogP contribution is -2.38. The Morgan fingerprint density at radius 3 is 2.80 bits per heavy atom. The topological polar surface area (TPSA) is 68.0 Å². The van der Waals surface area contributed by atoms with Crippen LogP contribution in [0.4, 0.5) is 8.78 Å². The highest BCUT2D eigenvalue weighted by molar-refractivity contribution is 5.84. The third-order valence-corrected chi connectivity index (χ3v) is 2.35. The van der Waals surface area contributed by atoms with Gasteiger partial charge in [-0.25, -0.2) is 13.6 Å². The van der Waals surface area contributed by atoms with Gasteiger partial charge < -0.3 is 5.11 Å². The van der Waals surface area contributed by atoms with E-state index in [9.17, 15) is 13.6 Å². The highest BCUT2D eigenvalue weighted by Crippen LogP contribution is 2.42. The molecule has 1 fully saturated rings. The average Bonchev–Trinajstić information content (AvgIpc) is 2.49. The Bertz CT molecular complexity index is 383. The summed E-state index contributed by atoms with van der Waals surface area (Å²) >= 11 is 0. The number of halogens is 2. The van der Waals surface area contributed by atoms with E-state index in [1.54, 1.807) is 0 Å². The molecule has 0 atom stereocenters. The third-order valence-electron chi connectivity index (χ3n) is 2.35. The predicted molar refractivity (Wildman–Crippen MR) is 44.7 cm³/mol. The van der Waals surface area contributed by atoms with Crippen molar-refractivity contribution in [3.05, 3.63) is 11.9 Å². The van der Waals surface area contributed by atoms with Crippen LogP contribution in [0.5, 0.6) is 0 Å². The zero-order valence-electron chi connectivity index (χ0n) is 7.73. The average molecular weight is 217 g/mol. The maximum absolute atomic E-state index is 12.5. The van der Waals surface area contributed by atoms with Crippen molar-refractivity contribution in [1.29, 1.82) is 0 Å². The second kappa shape index (κ2) is 3.25. The Hall–Kier alpha value is -1.53. The lowest BCUT2D eigenvalue weighted by molar-refractivity contribution is -0.115. The zero-order chi connectivity index (χ0) is 11.1. The molecule has 0 bridgehead atoms. The van der Waals surface area contributed by atoms with Crippen LogP contribution in [0.3, 0.4) is 0 Å². The minimum atomic E-state index is -2.56. The van der Waals surface area contributed by atoms with Crippen LogP contribution in [0.25, 0.3) is 0 Å². The van der Waals surface area contributed by atoms with E-state index in [1.807, 2.05) is 0 Å². The highest BCUT2D eigenvalue weighted by atomic mass is 19.3. The van der Waals surface area contributed by atoms with E-state index in [0.717, 1.165) is 11.0 Å². The normalized spacial score (nSPS) is 19.9. The van der Waals surface area contributed by atoms with Gasteiger partial charge in [-0.05, 0) is 5.92 Å². The maximum Gasteiger partial charge on any atom is 0.358 e. The van der Waals surface area contributed by atoms with Gasteiger partial charge >= 0.3 is 5.97 Å². The van der Waals surface area contributed by atoms with Crippen LogP contribution in [-0.4, -0.2) is 32.0 Å². The molecule has 1 aromatic heterocycles. The van der Waals surface area contributed by atoms with Crippen molar-refractivity contribution in [2.24, 2.45) is 5.92 Å². The van der Waals surface area contributed by atoms with E-state index < -0.39 is 11.9 Å². The van der Waals surface area contributed by atoms with Crippen molar-refractivity contribution in [3.63, 3.8) is 0 Å². The van der Waals surface area contributed by atoms with E-state index in [4.69, 9.17) is 5.11 Å². The molecule has 0 saturated heterocycles. The van der Waals surface area contributed by atoms with Gasteiger partial charge in [0.15, 0.2) is 5.69 Å². The molecular formula is C8H9F2N3O2. The van der Waals surface area contributed by atoms with Crippen molar-refractivity contribution >= 4 is 5.97 Å². The second-order valence-electron chi connectivity index (χ2n) is 3.72. The number of alkyl halides is 2. The number of aromatic carboxylic acids is 1. The summed E-state index contributed by atoms with van der Waals surface area (Å²) in [7, 11) is 0. The van der Waals surface area contributed by atoms with E-state index in [1.165, 1.54) is 0 Å². The van der Waals surface area contributed by atoms with E-state index >= 15 is 0 Å². The molecule has 7 heteroatoms. The number of carbonyl (C=O) groups is 1. The minimum absolute atomic E-state index is 0.158. The van der Waals surface area contributed by atoms with Crippen LogP contribution in [0.15, 0.2) is 6.20 Å². The second-order valence-corrected chi connectivity index (χ2v) is 3.72. The molecule has 0 spiro atoms. The number of hydrogen-bond donors (Lipinski definition) is 1. The molecule has 1 N–H and O–H groups in total. The smallest absolute Gasteiger partial charge is 0.358 e. The molecule has 0 amide bonds. The monoisotopic (exact) mass is 217 g/mol. The lowest BCUT2D eigenvalue weighted by Gasteiger charge is -2.34. The summed E-state index contributed by atoms with van der Waals surface area (Å²) < 4.78 is 25.0. The number of carboxylic acid groups (broad SMARTS) is 1. The van der Waals surface area contributed by atoms with Crippen LogP contribution >= 0.6 is 0 Å². The van der Waals surface area contributed by atoms with Crippen molar-refractivity contribution < 1.29 is 18.7 Å². The molecule has 1 aliphatic carbocycles. The Labute approximate surface area is 83.7 Å². The van der Waals surface area contributed by atoms with Gasteiger partial charge in [0, 0.05) is 12.8 Å². The van der Waals surface area contributed by atoms with Gasteiger partial charge in [0.25, 0.3) is 0 Å². The molecule has 0 radical (unpaired) electrons. The first-order chi connectivity index (χ1) is 6.96. The van der Waals surface area contributed by atoms with Gasteiger partial charge in [0.05, 0.1) is 12.7 Å². The van der Waals surface area contributed by atoms with E-state index in [2.05, 4.69) is 10.2 Å². The van der Waals surface area contributed by atoms with E-state index in [0.29, 0.717) is 0 Å². The molecule has 2 rings (SSSR count). The highest BCUT2D eigenvalue weighted by Gasteiger charge is 2.45. The summed E-state index contributed by atoms with van der Waals surface area (Å²) in [4.78, 5) is 11.6. The molecule has 1 saturated carbocycles. The number of nitrogens with zero attached hydrogens (tertiary/aromatic N) is 3. The lowest BCUT2D eigenvalue weighted by atomic mass is 9.81. The summed E-state index contributed by atoms with van der Waals surface area (Å²) in [6.45, 7) is 0.253. The molecule has 5 nitrogen and oxygen atoms in total. The Morgan fingerprint density at radius 1 is 1.67 bits per heavy atom. The molecule has 15 heavy (non-hydrogen) atoms. The van der Waals surface area contributed by atoms with Crippen molar-refractivity contribution in [3.8, 4) is 0 Å². The first-order valence-electron chi connectivity index (χ1n) is 4.47. The first kappa shape index (κ1) is 10.0. The van der Waals surface area contributed by atoms with Crippen LogP contribution < -0.4 is 0 Å². The standard InChI is InChI=1S/C8H9F2N3O2/c9-8(10)1-5(2-8)4-13-11-3-6(12-13)7(14)15/h3,5H,1-2,4H2,(H,14,15). The quantitative estimate of drug-likeness (QED) is 0.820. The summed E-state index contributed by atoms with van der Waals surface area (Å²) in [5, 5.41) is 15.9. The fraction of sp³-hybridized carbons (Fsp3) is 0.625. The van der Waals surface area contributed by atoms with Crippen LogP contribution in [-0.2, 0) is 6.54 Å². The van der Waals surface area contributed by atoms with Crippen LogP contribution in [0.1, 0.15) is 23.3 Å². The van der Waals surface area contributed by atoms with Crippen molar-refractivity contribution in [2.75, 3.05) is 0 Å². The van der Waals surface area contributed by atoms with Crippen molar-refractivity contribution in [2.45, 2.75) is 25.3 Å². The number of carboxylic acids is 1. The Kier molecular flexibility index (Phi) is 2.17. The molecule has 1 aromatic rings. The molecule has 0 unspecified atom stereocenters. The first-order valence-corrected chi connectivity index (χ1v) is 4.47. The van der Waals surface area contributed by atoms with Gasteiger partial charge in [0.1, 0.15) is 0 Å². The number of aromatic nitrogens is 3. The van der Waals surface area contributed by atoms with Gasteiger partial charge in [0.2, 0.25) is 5.92 Å². The molecule has 0 aliphatic heterocycles. The van der Waals surface area contributed by atoms with Crippen LogP contribution in [0.2, 0.25) is 0 Å². The molecule has 1 aliphatic rings. The molecule has 82 valence electrons. The fourth-order valence-electron chi connectivity index (χ4n) is 1.63. The van der Waals surface area contributed by atoms with Gasteiger partial charge in [-0.3, -0.25) is 0 Å². The van der Waals surface area contributed by atoms with Crippen LogP contribution in [0, 0.1) is 5.92 Å². The number of hydrogen-bond acceptors (Lipinski definition) is 3. The maximum atomic E-state index is 12.5. The molecular weight excluding hydrogens is 208 g/mol. The zero-order valence-corrected chi connectivity index (χ0v) is 7.73. The summed E-state index contributed by atoms with van der Waals surface area (Å²) in [6, 6.07) is 0. The predicted octanol–water partition coefficient (Wildman–Crippen LogP) is 1.02. The van der Waals surface area contributed by atoms with E-state index in [-0.39, 0.29) is 31.0 Å². The summed E-state index contributed by atoms with van der Waals surface area (Å²) in [5.41, 5.74) is -0.166. The third kappa shape index (κ3) is 2.11. The molecule has 1 heterocycles. The Balaban J connectivity index is 1.92. The van der Waals surface area contributed by atoms with Gasteiger partial charge in [-0.2, -0.15) is 9.90 Å². The largest absolute Gasteiger partial charge is 0.476 e. The molecule has 0 aromatic carbocycles. The van der Waals surface area contributed by atoms with Gasteiger partial charge in [-0.1, -0.05) is 0 Å². The summed E-state index contributed by atoms with van der Waals surface area (Å²) in [6.07, 6.45) is 0.771. The summed E-state index contributed by atoms with van der Waals surface area (Å²) in [5.74, 6) is -3.89. The van der Waals surface area contributed by atoms with Gasteiger partial charge in [-0.15, -0.1) is 5.10 Å². The van der Waals surface area contributed by atoms with Crippen molar-refractivity contribution in [1.82, 2.24) is 15.0 Å². The minimum Gasteiger partial charge on any atom is -0.476 e. The SMILES string of the molecule is O=C(O)c1cnn(CC2CC(F)(F)C2)n1. The fourth-order valence-corrected chi connectivity index (χ4v) is 1.63. The number of rotatable bonds is 3. The Morgan fingerprint density at radius 2 is 2.33 bits per heavy atom.